The predicted octanol–water partition coefficient (Wildman–Crippen LogP) is 2.52. The summed E-state index contributed by atoms with van der Waals surface area (Å²) in [5, 5.41) is 2.93. The van der Waals surface area contributed by atoms with Crippen LogP contribution in [0.3, 0.4) is 0 Å². The number of hydrogen-bond donors (Lipinski definition) is 2. The Bertz CT molecular complexity index is 522. The molecular formula is C16H23N3OS. The normalized spacial score (nSPS) is 22.8. The van der Waals surface area contributed by atoms with E-state index in [0.29, 0.717) is 34.9 Å². The zero-order chi connectivity index (χ0) is 15.4. The largest absolute Gasteiger partial charge is 0.389 e. The number of piperidine rings is 1. The number of carbonyl (C=O) groups excluding carboxylic acids is 1. The van der Waals surface area contributed by atoms with Crippen LogP contribution in [0.2, 0.25) is 0 Å². The third-order valence-corrected chi connectivity index (χ3v) is 4.39. The lowest BCUT2D eigenvalue weighted by Crippen LogP contribution is -2.47. The first-order valence-electron chi connectivity index (χ1n) is 7.43. The minimum atomic E-state index is -0.0145. The van der Waals surface area contributed by atoms with Crippen molar-refractivity contribution in [2.45, 2.75) is 45.2 Å². The second kappa shape index (κ2) is 7.00. The Kier molecular flexibility index (Phi) is 5.31. The lowest BCUT2D eigenvalue weighted by Gasteiger charge is -2.38. The number of para-hydroxylation sites is 1. The number of thiocarbonyl (C=S) groups is 1. The van der Waals surface area contributed by atoms with E-state index in [1.54, 1.807) is 0 Å². The van der Waals surface area contributed by atoms with E-state index < -0.39 is 0 Å². The molecule has 2 unspecified atom stereocenters. The number of nitrogens with one attached hydrogen (secondary N) is 1. The van der Waals surface area contributed by atoms with Crippen LogP contribution >= 0.6 is 12.2 Å². The highest BCUT2D eigenvalue weighted by atomic mass is 32.1. The summed E-state index contributed by atoms with van der Waals surface area (Å²) in [5.41, 5.74) is 7.08. The molecule has 0 bridgehead atoms. The topological polar surface area (TPSA) is 58.4 Å². The van der Waals surface area contributed by atoms with Crippen molar-refractivity contribution >= 4 is 28.8 Å². The molecule has 0 aromatic heterocycles. The fourth-order valence-electron chi connectivity index (χ4n) is 2.95. The van der Waals surface area contributed by atoms with Gasteiger partial charge in [-0.05, 0) is 38.8 Å². The molecule has 5 heteroatoms. The summed E-state index contributed by atoms with van der Waals surface area (Å²) in [6.07, 6.45) is 3.55. The average molecular weight is 305 g/mol. The van der Waals surface area contributed by atoms with Crippen LogP contribution in [0.15, 0.2) is 24.3 Å². The summed E-state index contributed by atoms with van der Waals surface area (Å²) in [7, 11) is 0. The van der Waals surface area contributed by atoms with Gasteiger partial charge in [-0.25, -0.2) is 0 Å². The Morgan fingerprint density at radius 1 is 1.33 bits per heavy atom. The number of rotatable bonds is 4. The summed E-state index contributed by atoms with van der Waals surface area (Å²) in [5.74, 6) is -0.0145. The highest BCUT2D eigenvalue weighted by molar-refractivity contribution is 7.80. The molecule has 2 rings (SSSR count). The molecule has 114 valence electrons. The van der Waals surface area contributed by atoms with Crippen molar-refractivity contribution in [3.63, 3.8) is 0 Å². The van der Waals surface area contributed by atoms with E-state index in [9.17, 15) is 4.79 Å². The molecule has 1 fully saturated rings. The molecule has 1 amide bonds. The first kappa shape index (κ1) is 15.9. The van der Waals surface area contributed by atoms with Crippen molar-refractivity contribution in [3.8, 4) is 0 Å². The van der Waals surface area contributed by atoms with Crippen LogP contribution in [-0.2, 0) is 4.79 Å². The molecule has 1 saturated heterocycles. The summed E-state index contributed by atoms with van der Waals surface area (Å²) in [4.78, 5) is 14.9. The van der Waals surface area contributed by atoms with Crippen LogP contribution < -0.4 is 11.1 Å². The summed E-state index contributed by atoms with van der Waals surface area (Å²) in [6, 6.07) is 8.28. The van der Waals surface area contributed by atoms with Crippen molar-refractivity contribution in [2.75, 3.05) is 11.9 Å². The highest BCUT2D eigenvalue weighted by Crippen LogP contribution is 2.22. The monoisotopic (exact) mass is 305 g/mol. The second-order valence-corrected chi connectivity index (χ2v) is 6.20. The molecule has 0 aliphatic carbocycles. The molecule has 21 heavy (non-hydrogen) atoms. The molecule has 4 nitrogen and oxygen atoms in total. The van der Waals surface area contributed by atoms with E-state index in [2.05, 4.69) is 24.1 Å². The van der Waals surface area contributed by atoms with Gasteiger partial charge in [-0.3, -0.25) is 9.69 Å². The zero-order valence-corrected chi connectivity index (χ0v) is 13.5. The van der Waals surface area contributed by atoms with Gasteiger partial charge in [0.2, 0.25) is 5.91 Å². The second-order valence-electron chi connectivity index (χ2n) is 5.76. The Balaban J connectivity index is 2.03. The number of hydrogen-bond acceptors (Lipinski definition) is 3. The molecule has 1 heterocycles. The van der Waals surface area contributed by atoms with E-state index in [-0.39, 0.29) is 5.91 Å². The fourth-order valence-corrected chi connectivity index (χ4v) is 3.13. The van der Waals surface area contributed by atoms with Crippen molar-refractivity contribution in [2.24, 2.45) is 5.73 Å². The Hall–Kier alpha value is -1.46. The maximum atomic E-state index is 12.3. The van der Waals surface area contributed by atoms with E-state index in [1.807, 2.05) is 24.3 Å². The molecular weight excluding hydrogens is 282 g/mol. The maximum Gasteiger partial charge on any atom is 0.238 e. The summed E-state index contributed by atoms with van der Waals surface area (Å²) < 4.78 is 0. The lowest BCUT2D eigenvalue weighted by atomic mass is 9.97. The van der Waals surface area contributed by atoms with Gasteiger partial charge in [-0.15, -0.1) is 0 Å². The standard InChI is InChI=1S/C16H23N3OS/c1-11-6-5-7-12(2)19(11)10-15(20)18-14-9-4-3-8-13(14)16(17)21/h3-4,8-9,11-12H,5-7,10H2,1-2H3,(H2,17,21)(H,18,20). The highest BCUT2D eigenvalue weighted by Gasteiger charge is 2.26. The first-order chi connectivity index (χ1) is 9.99. The van der Waals surface area contributed by atoms with Crippen LogP contribution in [0, 0.1) is 0 Å². The molecule has 1 aromatic rings. The van der Waals surface area contributed by atoms with Gasteiger partial charge in [0.15, 0.2) is 0 Å². The molecule has 3 N–H and O–H groups in total. The summed E-state index contributed by atoms with van der Waals surface area (Å²) >= 11 is 5.02. The Labute approximate surface area is 131 Å². The molecule has 0 spiro atoms. The number of benzene rings is 1. The zero-order valence-electron chi connectivity index (χ0n) is 12.6. The number of nitrogens with zero attached hydrogens (tertiary/aromatic N) is 1. The van der Waals surface area contributed by atoms with E-state index in [0.717, 1.165) is 12.8 Å². The fraction of sp³-hybridized carbons (Fsp3) is 0.500. The Morgan fingerprint density at radius 3 is 2.57 bits per heavy atom. The molecule has 1 aromatic carbocycles. The van der Waals surface area contributed by atoms with Gasteiger partial charge in [-0.1, -0.05) is 30.8 Å². The van der Waals surface area contributed by atoms with Crippen LogP contribution in [0.5, 0.6) is 0 Å². The smallest absolute Gasteiger partial charge is 0.238 e. The molecule has 1 aliphatic rings. The molecule has 0 radical (unpaired) electrons. The van der Waals surface area contributed by atoms with Crippen molar-refractivity contribution in [1.29, 1.82) is 0 Å². The number of likely N-dealkylation sites (tertiary alicyclic amines) is 1. The third-order valence-electron chi connectivity index (χ3n) is 4.17. The Morgan fingerprint density at radius 2 is 1.95 bits per heavy atom. The summed E-state index contributed by atoms with van der Waals surface area (Å²) in [6.45, 7) is 4.78. The van der Waals surface area contributed by atoms with Crippen molar-refractivity contribution in [3.05, 3.63) is 29.8 Å². The minimum absolute atomic E-state index is 0.0145. The van der Waals surface area contributed by atoms with Gasteiger partial charge in [-0.2, -0.15) is 0 Å². The van der Waals surface area contributed by atoms with Gasteiger partial charge < -0.3 is 11.1 Å². The maximum absolute atomic E-state index is 12.3. The lowest BCUT2D eigenvalue weighted by molar-refractivity contribution is -0.118. The quantitative estimate of drug-likeness (QED) is 0.839. The molecule has 1 aliphatic heterocycles. The predicted molar refractivity (Wildman–Crippen MR) is 90.4 cm³/mol. The SMILES string of the molecule is CC1CCCC(C)N1CC(=O)Nc1ccccc1C(N)=S. The van der Waals surface area contributed by atoms with Gasteiger partial charge in [0.05, 0.1) is 12.2 Å². The number of nitrogens with two attached hydrogens (primary N) is 1. The van der Waals surface area contributed by atoms with Crippen molar-refractivity contribution in [1.82, 2.24) is 4.90 Å². The average Bonchev–Trinajstić information content (AvgIpc) is 2.43. The van der Waals surface area contributed by atoms with Crippen LogP contribution in [0.4, 0.5) is 5.69 Å². The van der Waals surface area contributed by atoms with Gasteiger partial charge >= 0.3 is 0 Å². The van der Waals surface area contributed by atoms with Crippen LogP contribution in [-0.4, -0.2) is 34.4 Å². The van der Waals surface area contributed by atoms with E-state index in [1.165, 1.54) is 6.42 Å². The van der Waals surface area contributed by atoms with Crippen LogP contribution in [0.1, 0.15) is 38.7 Å². The van der Waals surface area contributed by atoms with E-state index >= 15 is 0 Å². The molecule has 0 saturated carbocycles. The first-order valence-corrected chi connectivity index (χ1v) is 7.84. The third kappa shape index (κ3) is 4.02. The number of amides is 1. The number of carbonyl (C=O) groups is 1. The van der Waals surface area contributed by atoms with Crippen molar-refractivity contribution < 1.29 is 4.79 Å². The van der Waals surface area contributed by atoms with Gasteiger partial charge in [0, 0.05) is 17.6 Å². The number of anilines is 1. The minimum Gasteiger partial charge on any atom is -0.389 e. The van der Waals surface area contributed by atoms with Gasteiger partial charge in [0.25, 0.3) is 0 Å². The van der Waals surface area contributed by atoms with Crippen LogP contribution in [0.25, 0.3) is 0 Å². The van der Waals surface area contributed by atoms with E-state index in [4.69, 9.17) is 18.0 Å². The molecule has 2 atom stereocenters. The van der Waals surface area contributed by atoms with Gasteiger partial charge in [0.1, 0.15) is 4.99 Å².